The molecule has 1 aliphatic carbocycles. The molecule has 0 saturated heterocycles. The molecule has 1 amide bonds. The molecule has 3 aromatic heterocycles. The molecule has 0 aliphatic heterocycles. The molecule has 1 aliphatic rings. The highest BCUT2D eigenvalue weighted by Crippen LogP contribution is 2.35. The van der Waals surface area contributed by atoms with E-state index in [1.54, 1.807) is 23.9 Å². The van der Waals surface area contributed by atoms with Crippen molar-refractivity contribution in [2.24, 2.45) is 0 Å². The summed E-state index contributed by atoms with van der Waals surface area (Å²) in [7, 11) is 0. The third-order valence-electron chi connectivity index (χ3n) is 5.52. The lowest BCUT2D eigenvalue weighted by molar-refractivity contribution is 0.103. The van der Waals surface area contributed by atoms with Crippen LogP contribution in [0.3, 0.4) is 0 Å². The minimum absolute atomic E-state index is 0.120. The van der Waals surface area contributed by atoms with Crippen LogP contribution in [0.2, 0.25) is 0 Å². The number of rotatable bonds is 6. The second kappa shape index (κ2) is 9.56. The summed E-state index contributed by atoms with van der Waals surface area (Å²) in [6.45, 7) is 0. The Labute approximate surface area is 197 Å². The first kappa shape index (κ1) is 21.4. The normalized spacial score (nSPS) is 14.6. The van der Waals surface area contributed by atoms with Crippen molar-refractivity contribution in [3.63, 3.8) is 0 Å². The summed E-state index contributed by atoms with van der Waals surface area (Å²) in [6, 6.07) is 12.9. The van der Waals surface area contributed by atoms with Crippen LogP contribution in [0, 0.1) is 0 Å². The van der Waals surface area contributed by atoms with Gasteiger partial charge in [-0.3, -0.25) is 9.59 Å². The van der Waals surface area contributed by atoms with E-state index in [0.717, 1.165) is 34.1 Å². The standard InChI is InChI=1S/C23H22N4O2S3/c28-20-13-16(24-23-27(20)26-22(32-23)15-7-2-1-3-8-15)14-31-18-10-5-4-9-17(18)25-21(29)19-11-6-12-30-19/h4-6,9-13,15H,1-3,7-8,14H2,(H,25,29). The third kappa shape index (κ3) is 4.65. The molecule has 1 saturated carbocycles. The van der Waals surface area contributed by atoms with E-state index in [1.807, 2.05) is 35.7 Å². The number of anilines is 1. The number of thiophene rings is 1. The smallest absolute Gasteiger partial charge is 0.275 e. The molecule has 6 nitrogen and oxygen atoms in total. The minimum Gasteiger partial charge on any atom is -0.320 e. The number of nitrogens with one attached hydrogen (secondary N) is 1. The van der Waals surface area contributed by atoms with Crippen LogP contribution in [0.4, 0.5) is 5.69 Å². The van der Waals surface area contributed by atoms with E-state index in [-0.39, 0.29) is 11.5 Å². The van der Waals surface area contributed by atoms with Gasteiger partial charge in [-0.15, -0.1) is 23.1 Å². The van der Waals surface area contributed by atoms with Crippen LogP contribution in [-0.4, -0.2) is 20.5 Å². The third-order valence-corrected chi connectivity index (χ3v) is 8.57. The van der Waals surface area contributed by atoms with Gasteiger partial charge >= 0.3 is 0 Å². The number of benzene rings is 1. The maximum atomic E-state index is 12.7. The highest BCUT2D eigenvalue weighted by molar-refractivity contribution is 7.98. The van der Waals surface area contributed by atoms with Gasteiger partial charge in [0.15, 0.2) is 0 Å². The van der Waals surface area contributed by atoms with E-state index in [1.165, 1.54) is 46.5 Å². The largest absolute Gasteiger partial charge is 0.320 e. The molecule has 1 N–H and O–H groups in total. The fraction of sp³-hybridized carbons (Fsp3) is 0.304. The van der Waals surface area contributed by atoms with Crippen molar-refractivity contribution in [1.29, 1.82) is 0 Å². The van der Waals surface area contributed by atoms with E-state index in [2.05, 4.69) is 10.4 Å². The SMILES string of the molecule is O=C(Nc1ccccc1SCc1cc(=O)n2nc(C3CCCCC3)sc2n1)c1cccs1. The van der Waals surface area contributed by atoms with Gasteiger partial charge in [-0.2, -0.15) is 9.61 Å². The second-order valence-electron chi connectivity index (χ2n) is 7.77. The number of nitrogens with zero attached hydrogens (tertiary/aromatic N) is 3. The Morgan fingerprint density at radius 2 is 2.00 bits per heavy atom. The predicted octanol–water partition coefficient (Wildman–Crippen LogP) is 5.80. The number of para-hydroxylation sites is 1. The monoisotopic (exact) mass is 482 g/mol. The molecule has 9 heteroatoms. The van der Waals surface area contributed by atoms with Gasteiger partial charge in [0.25, 0.3) is 11.5 Å². The van der Waals surface area contributed by atoms with Crippen LogP contribution in [0.5, 0.6) is 0 Å². The molecule has 0 radical (unpaired) electrons. The molecular weight excluding hydrogens is 460 g/mol. The van der Waals surface area contributed by atoms with Crippen LogP contribution < -0.4 is 10.9 Å². The summed E-state index contributed by atoms with van der Waals surface area (Å²) < 4.78 is 1.44. The fourth-order valence-electron chi connectivity index (χ4n) is 3.90. The molecule has 0 atom stereocenters. The number of hydrogen-bond acceptors (Lipinski definition) is 7. The molecule has 0 unspecified atom stereocenters. The molecule has 3 heterocycles. The summed E-state index contributed by atoms with van der Waals surface area (Å²) >= 11 is 4.50. The molecule has 5 rings (SSSR count). The highest BCUT2D eigenvalue weighted by atomic mass is 32.2. The van der Waals surface area contributed by atoms with Gasteiger partial charge in [0.1, 0.15) is 5.01 Å². The number of hydrogen-bond donors (Lipinski definition) is 1. The first-order chi connectivity index (χ1) is 15.7. The molecule has 32 heavy (non-hydrogen) atoms. The van der Waals surface area contributed by atoms with E-state index in [4.69, 9.17) is 4.98 Å². The Balaban J connectivity index is 1.33. The Morgan fingerprint density at radius 3 is 2.81 bits per heavy atom. The molecule has 1 aromatic carbocycles. The number of carbonyl (C=O) groups is 1. The number of amides is 1. The van der Waals surface area contributed by atoms with Crippen LogP contribution in [0.1, 0.15) is 58.4 Å². The van der Waals surface area contributed by atoms with Gasteiger partial charge in [-0.1, -0.05) is 48.8 Å². The Hall–Kier alpha value is -2.49. The lowest BCUT2D eigenvalue weighted by Crippen LogP contribution is -2.16. The van der Waals surface area contributed by atoms with Crippen LogP contribution in [-0.2, 0) is 5.75 Å². The molecular formula is C23H22N4O2S3. The fourth-order valence-corrected chi connectivity index (χ4v) is 6.51. The summed E-state index contributed by atoms with van der Waals surface area (Å²) in [4.78, 5) is 32.1. The lowest BCUT2D eigenvalue weighted by atomic mass is 9.90. The first-order valence-corrected chi connectivity index (χ1v) is 13.3. The van der Waals surface area contributed by atoms with Crippen molar-refractivity contribution in [2.45, 2.75) is 48.7 Å². The maximum absolute atomic E-state index is 12.7. The van der Waals surface area contributed by atoms with E-state index in [0.29, 0.717) is 21.5 Å². The second-order valence-corrected chi connectivity index (χ2v) is 10.7. The van der Waals surface area contributed by atoms with E-state index >= 15 is 0 Å². The van der Waals surface area contributed by atoms with Crippen LogP contribution in [0.25, 0.3) is 4.96 Å². The summed E-state index contributed by atoms with van der Waals surface area (Å²) in [5, 5.41) is 10.5. The average molecular weight is 483 g/mol. The van der Waals surface area contributed by atoms with Crippen molar-refractivity contribution in [1.82, 2.24) is 14.6 Å². The zero-order valence-electron chi connectivity index (χ0n) is 17.3. The average Bonchev–Trinajstić information content (AvgIpc) is 3.50. The highest BCUT2D eigenvalue weighted by Gasteiger charge is 2.21. The summed E-state index contributed by atoms with van der Waals surface area (Å²) in [5.74, 6) is 0.867. The van der Waals surface area contributed by atoms with Crippen molar-refractivity contribution in [3.05, 3.63) is 73.8 Å². The van der Waals surface area contributed by atoms with Crippen molar-refractivity contribution >= 4 is 51.0 Å². The van der Waals surface area contributed by atoms with Gasteiger partial charge in [0.2, 0.25) is 4.96 Å². The first-order valence-electron chi connectivity index (χ1n) is 10.6. The van der Waals surface area contributed by atoms with Crippen molar-refractivity contribution in [2.75, 3.05) is 5.32 Å². The minimum atomic E-state index is -0.136. The van der Waals surface area contributed by atoms with Gasteiger partial charge in [0, 0.05) is 22.6 Å². The zero-order valence-corrected chi connectivity index (χ0v) is 19.8. The zero-order chi connectivity index (χ0) is 21.9. The van der Waals surface area contributed by atoms with E-state index in [9.17, 15) is 9.59 Å². The molecule has 164 valence electrons. The van der Waals surface area contributed by atoms with Crippen molar-refractivity contribution in [3.8, 4) is 0 Å². The van der Waals surface area contributed by atoms with E-state index < -0.39 is 0 Å². The Bertz CT molecular complexity index is 1290. The Morgan fingerprint density at radius 1 is 1.16 bits per heavy atom. The predicted molar refractivity (Wildman–Crippen MR) is 131 cm³/mol. The number of carbonyl (C=O) groups excluding carboxylic acids is 1. The molecule has 0 spiro atoms. The van der Waals surface area contributed by atoms with Crippen molar-refractivity contribution < 1.29 is 4.79 Å². The molecule has 0 bridgehead atoms. The van der Waals surface area contributed by atoms with Crippen LogP contribution in [0.15, 0.2) is 57.5 Å². The quantitative estimate of drug-likeness (QED) is 0.351. The number of fused-ring (bicyclic) bond motifs is 1. The summed E-state index contributed by atoms with van der Waals surface area (Å²) in [6.07, 6.45) is 6.03. The number of thioether (sulfide) groups is 1. The van der Waals surface area contributed by atoms with Gasteiger partial charge in [0.05, 0.1) is 16.3 Å². The summed E-state index contributed by atoms with van der Waals surface area (Å²) in [5.41, 5.74) is 1.34. The maximum Gasteiger partial charge on any atom is 0.275 e. The molecule has 1 fully saturated rings. The topological polar surface area (TPSA) is 76.4 Å². The molecule has 4 aromatic rings. The lowest BCUT2D eigenvalue weighted by Gasteiger charge is -2.18. The van der Waals surface area contributed by atoms with Gasteiger partial charge in [-0.25, -0.2) is 4.98 Å². The Kier molecular flexibility index (Phi) is 6.38. The van der Waals surface area contributed by atoms with Gasteiger partial charge < -0.3 is 5.32 Å². The number of aromatic nitrogens is 3. The van der Waals surface area contributed by atoms with Crippen LogP contribution >= 0.6 is 34.4 Å². The van der Waals surface area contributed by atoms with Gasteiger partial charge in [-0.05, 0) is 36.4 Å².